The first-order valence-electron chi connectivity index (χ1n) is 4.78. The van der Waals surface area contributed by atoms with Gasteiger partial charge in [0.25, 0.3) is 0 Å². The van der Waals surface area contributed by atoms with E-state index in [0.717, 1.165) is 6.42 Å². The first-order chi connectivity index (χ1) is 6.15. The Morgan fingerprint density at radius 2 is 2.23 bits per heavy atom. The van der Waals surface area contributed by atoms with Crippen LogP contribution in [-0.2, 0) is 7.05 Å². The maximum Gasteiger partial charge on any atom is 0.0946 e. The Morgan fingerprint density at radius 3 is 2.62 bits per heavy atom. The van der Waals surface area contributed by atoms with Crippen molar-refractivity contribution in [2.45, 2.75) is 26.3 Å². The molecular weight excluding hydrogens is 162 g/mol. The van der Waals surface area contributed by atoms with Crippen molar-refractivity contribution in [3.8, 4) is 0 Å². The van der Waals surface area contributed by atoms with Crippen LogP contribution in [0.25, 0.3) is 0 Å². The lowest BCUT2D eigenvalue weighted by atomic mass is 10.0. The summed E-state index contributed by atoms with van der Waals surface area (Å²) in [7, 11) is 4.03. The lowest BCUT2D eigenvalue weighted by Gasteiger charge is -2.18. The van der Waals surface area contributed by atoms with E-state index in [2.05, 4.69) is 28.7 Å². The molecule has 1 atom stereocenters. The smallest absolute Gasteiger partial charge is 0.0946 e. The van der Waals surface area contributed by atoms with Crippen LogP contribution in [0.3, 0.4) is 0 Å². The topological polar surface area (TPSA) is 29.9 Å². The average Bonchev–Trinajstić information content (AvgIpc) is 2.47. The predicted molar refractivity (Wildman–Crippen MR) is 54.5 cm³/mol. The molecule has 1 heterocycles. The van der Waals surface area contributed by atoms with Gasteiger partial charge in [0.15, 0.2) is 0 Å². The molecule has 3 nitrogen and oxygen atoms in total. The normalized spacial score (nSPS) is 13.6. The second kappa shape index (κ2) is 4.42. The highest BCUT2D eigenvalue weighted by atomic mass is 15.1. The van der Waals surface area contributed by atoms with Gasteiger partial charge in [0.1, 0.15) is 0 Å². The minimum absolute atomic E-state index is 0.424. The largest absolute Gasteiger partial charge is 0.336 e. The fourth-order valence-electron chi connectivity index (χ4n) is 1.56. The number of aromatic nitrogens is 2. The Hall–Kier alpha value is -0.830. The highest BCUT2D eigenvalue weighted by Gasteiger charge is 2.13. The van der Waals surface area contributed by atoms with Crippen LogP contribution in [0, 0.1) is 5.92 Å². The van der Waals surface area contributed by atoms with Crippen LogP contribution >= 0.6 is 0 Å². The number of hydrogen-bond donors (Lipinski definition) is 1. The van der Waals surface area contributed by atoms with Crippen molar-refractivity contribution in [2.24, 2.45) is 13.0 Å². The van der Waals surface area contributed by atoms with E-state index in [4.69, 9.17) is 0 Å². The third-order valence-corrected chi connectivity index (χ3v) is 2.27. The molecule has 1 aromatic rings. The molecule has 0 radical (unpaired) electrons. The molecule has 0 aliphatic heterocycles. The number of aryl methyl sites for hydroxylation is 1. The Kier molecular flexibility index (Phi) is 3.48. The molecule has 0 amide bonds. The van der Waals surface area contributed by atoms with E-state index in [1.165, 1.54) is 5.69 Å². The summed E-state index contributed by atoms with van der Waals surface area (Å²) in [6, 6.07) is 0.424. The lowest BCUT2D eigenvalue weighted by molar-refractivity contribution is 0.440. The third kappa shape index (κ3) is 2.56. The minimum atomic E-state index is 0.424. The second-order valence-electron chi connectivity index (χ2n) is 3.90. The third-order valence-electron chi connectivity index (χ3n) is 2.27. The number of nitrogens with zero attached hydrogens (tertiary/aromatic N) is 2. The van der Waals surface area contributed by atoms with Crippen LogP contribution in [0.2, 0.25) is 0 Å². The molecule has 0 aromatic carbocycles. The van der Waals surface area contributed by atoms with E-state index < -0.39 is 0 Å². The number of nitrogens with one attached hydrogen (secondary N) is 1. The van der Waals surface area contributed by atoms with E-state index in [0.29, 0.717) is 12.0 Å². The molecule has 1 N–H and O–H groups in total. The summed E-state index contributed by atoms with van der Waals surface area (Å²) in [6.45, 7) is 4.47. The van der Waals surface area contributed by atoms with Crippen LogP contribution in [-0.4, -0.2) is 16.6 Å². The quantitative estimate of drug-likeness (QED) is 0.766. The maximum absolute atomic E-state index is 4.12. The van der Waals surface area contributed by atoms with E-state index in [1.807, 2.05) is 26.6 Å². The molecule has 0 bridgehead atoms. The van der Waals surface area contributed by atoms with Gasteiger partial charge in [0.05, 0.1) is 12.0 Å². The molecule has 0 aliphatic rings. The fraction of sp³-hybridized carbons (Fsp3) is 0.700. The predicted octanol–water partition coefficient (Wildman–Crippen LogP) is 1.73. The SMILES string of the molecule is CNC(CC(C)C)c1cncn1C. The zero-order valence-electron chi connectivity index (χ0n) is 8.91. The number of rotatable bonds is 4. The molecule has 0 saturated heterocycles. The minimum Gasteiger partial charge on any atom is -0.336 e. The summed E-state index contributed by atoms with van der Waals surface area (Å²) >= 11 is 0. The summed E-state index contributed by atoms with van der Waals surface area (Å²) in [5.74, 6) is 0.701. The van der Waals surface area contributed by atoms with Crippen molar-refractivity contribution in [3.63, 3.8) is 0 Å². The van der Waals surface area contributed by atoms with E-state index >= 15 is 0 Å². The molecule has 0 fully saturated rings. The van der Waals surface area contributed by atoms with E-state index in [9.17, 15) is 0 Å². The summed E-state index contributed by atoms with van der Waals surface area (Å²) < 4.78 is 2.07. The van der Waals surface area contributed by atoms with E-state index in [-0.39, 0.29) is 0 Å². The van der Waals surface area contributed by atoms with Gasteiger partial charge in [-0.1, -0.05) is 13.8 Å². The molecule has 1 unspecified atom stereocenters. The summed E-state index contributed by atoms with van der Waals surface area (Å²) in [5.41, 5.74) is 1.26. The van der Waals surface area contributed by atoms with Gasteiger partial charge in [-0.15, -0.1) is 0 Å². The zero-order chi connectivity index (χ0) is 9.84. The monoisotopic (exact) mass is 181 g/mol. The Balaban J connectivity index is 2.72. The number of imidazole rings is 1. The van der Waals surface area contributed by atoms with Gasteiger partial charge in [-0.3, -0.25) is 0 Å². The molecule has 0 saturated carbocycles. The number of hydrogen-bond acceptors (Lipinski definition) is 2. The Labute approximate surface area is 80.2 Å². The van der Waals surface area contributed by atoms with Crippen molar-refractivity contribution < 1.29 is 0 Å². The van der Waals surface area contributed by atoms with Crippen molar-refractivity contribution in [2.75, 3.05) is 7.05 Å². The molecule has 13 heavy (non-hydrogen) atoms. The van der Waals surface area contributed by atoms with Gasteiger partial charge in [0.2, 0.25) is 0 Å². The standard InChI is InChI=1S/C10H19N3/c1-8(2)5-9(11-3)10-6-12-7-13(10)4/h6-9,11H,5H2,1-4H3. The summed E-state index contributed by atoms with van der Waals surface area (Å²) in [5, 5.41) is 3.32. The Bertz CT molecular complexity index is 252. The molecule has 1 rings (SSSR count). The fourth-order valence-corrected chi connectivity index (χ4v) is 1.56. The van der Waals surface area contributed by atoms with Gasteiger partial charge in [-0.25, -0.2) is 4.98 Å². The highest BCUT2D eigenvalue weighted by Crippen LogP contribution is 2.19. The van der Waals surface area contributed by atoms with Crippen molar-refractivity contribution in [1.82, 2.24) is 14.9 Å². The van der Waals surface area contributed by atoms with Gasteiger partial charge in [0, 0.05) is 19.3 Å². The first kappa shape index (κ1) is 10.3. The molecular formula is C10H19N3. The summed E-state index contributed by atoms with van der Waals surface area (Å²) in [4.78, 5) is 4.12. The van der Waals surface area contributed by atoms with Crippen LogP contribution in [0.1, 0.15) is 32.0 Å². The van der Waals surface area contributed by atoms with Crippen molar-refractivity contribution in [1.29, 1.82) is 0 Å². The molecule has 0 aliphatic carbocycles. The van der Waals surface area contributed by atoms with Crippen LogP contribution in [0.5, 0.6) is 0 Å². The molecule has 0 spiro atoms. The summed E-state index contributed by atoms with van der Waals surface area (Å²) in [6.07, 6.45) is 4.93. The second-order valence-corrected chi connectivity index (χ2v) is 3.90. The molecule has 74 valence electrons. The van der Waals surface area contributed by atoms with Gasteiger partial charge in [-0.05, 0) is 19.4 Å². The lowest BCUT2D eigenvalue weighted by Crippen LogP contribution is -2.20. The zero-order valence-corrected chi connectivity index (χ0v) is 8.91. The van der Waals surface area contributed by atoms with Crippen LogP contribution < -0.4 is 5.32 Å². The maximum atomic E-state index is 4.12. The van der Waals surface area contributed by atoms with Gasteiger partial charge >= 0.3 is 0 Å². The Morgan fingerprint density at radius 1 is 1.54 bits per heavy atom. The van der Waals surface area contributed by atoms with Gasteiger partial charge in [-0.2, -0.15) is 0 Å². The van der Waals surface area contributed by atoms with Gasteiger partial charge < -0.3 is 9.88 Å². The molecule has 3 heteroatoms. The van der Waals surface area contributed by atoms with Crippen molar-refractivity contribution >= 4 is 0 Å². The highest BCUT2D eigenvalue weighted by molar-refractivity contribution is 5.04. The van der Waals surface area contributed by atoms with Crippen molar-refractivity contribution in [3.05, 3.63) is 18.2 Å². The van der Waals surface area contributed by atoms with E-state index in [1.54, 1.807) is 0 Å². The molecule has 1 aromatic heterocycles. The van der Waals surface area contributed by atoms with Crippen LogP contribution in [0.4, 0.5) is 0 Å². The average molecular weight is 181 g/mol. The first-order valence-corrected chi connectivity index (χ1v) is 4.78. The van der Waals surface area contributed by atoms with Crippen LogP contribution in [0.15, 0.2) is 12.5 Å².